The zero-order valence-corrected chi connectivity index (χ0v) is 12.4. The second-order valence-corrected chi connectivity index (χ2v) is 7.35. The fourth-order valence-electron chi connectivity index (χ4n) is 2.28. The molecule has 2 nitrogen and oxygen atoms in total. The molecule has 0 aromatic carbocycles. The maximum atomic E-state index is 5.50. The maximum absolute atomic E-state index is 5.50. The van der Waals surface area contributed by atoms with E-state index in [-0.39, 0.29) is 0 Å². The molecule has 0 saturated carbocycles. The van der Waals surface area contributed by atoms with Gasteiger partial charge in [-0.05, 0) is 79.4 Å². The summed E-state index contributed by atoms with van der Waals surface area (Å²) < 4.78 is 1.43. The Hall–Kier alpha value is 0.350. The van der Waals surface area contributed by atoms with Crippen molar-refractivity contribution in [1.82, 2.24) is 5.32 Å². The number of rotatable bonds is 5. The third-order valence-corrected chi connectivity index (χ3v) is 5.08. The Balaban J connectivity index is 1.91. The molecule has 1 aliphatic carbocycles. The molecule has 90 valence electrons. The lowest BCUT2D eigenvalue weighted by molar-refractivity contribution is 0.456. The van der Waals surface area contributed by atoms with Crippen LogP contribution in [0.25, 0.3) is 0 Å². The molecule has 1 unspecified atom stereocenters. The molecular weight excluding hydrogens is 331 g/mol. The third-order valence-electron chi connectivity index (χ3n) is 3.11. The van der Waals surface area contributed by atoms with Crippen molar-refractivity contribution in [2.24, 2.45) is 5.73 Å². The normalized spacial score (nSPS) is 19.8. The molecule has 2 rings (SSSR count). The van der Waals surface area contributed by atoms with E-state index < -0.39 is 0 Å². The molecule has 1 heterocycles. The van der Waals surface area contributed by atoms with Crippen LogP contribution in [-0.2, 0) is 6.42 Å². The maximum Gasteiger partial charge on any atom is 0.0659 e. The Labute approximate surface area is 115 Å². The van der Waals surface area contributed by atoms with Gasteiger partial charge in [0.2, 0.25) is 0 Å². The highest BCUT2D eigenvalue weighted by Gasteiger charge is 2.21. The molecule has 1 aromatic heterocycles. The molecule has 0 bridgehead atoms. The van der Waals surface area contributed by atoms with Gasteiger partial charge in [-0.1, -0.05) is 0 Å². The zero-order chi connectivity index (χ0) is 11.4. The Bertz CT molecular complexity index is 338. The predicted molar refractivity (Wildman–Crippen MR) is 79.0 cm³/mol. The van der Waals surface area contributed by atoms with Crippen LogP contribution in [0.1, 0.15) is 42.2 Å². The van der Waals surface area contributed by atoms with E-state index in [4.69, 9.17) is 5.73 Å². The minimum absolute atomic E-state index is 0.598. The van der Waals surface area contributed by atoms with Crippen molar-refractivity contribution in [3.63, 3.8) is 0 Å². The van der Waals surface area contributed by atoms with Crippen molar-refractivity contribution in [1.29, 1.82) is 0 Å². The van der Waals surface area contributed by atoms with Gasteiger partial charge in [0.1, 0.15) is 0 Å². The highest BCUT2D eigenvalue weighted by molar-refractivity contribution is 14.1. The molecular formula is C12H19IN2S. The Morgan fingerprint density at radius 3 is 3.19 bits per heavy atom. The summed E-state index contributed by atoms with van der Waals surface area (Å²) in [6, 6.07) is 2.96. The Morgan fingerprint density at radius 1 is 1.50 bits per heavy atom. The molecule has 3 N–H and O–H groups in total. The van der Waals surface area contributed by atoms with Crippen LogP contribution in [0, 0.1) is 2.88 Å². The van der Waals surface area contributed by atoms with Gasteiger partial charge < -0.3 is 11.1 Å². The molecule has 16 heavy (non-hydrogen) atoms. The summed E-state index contributed by atoms with van der Waals surface area (Å²) in [6.07, 6.45) is 6.24. The van der Waals surface area contributed by atoms with Crippen molar-refractivity contribution in [3.8, 4) is 0 Å². The summed E-state index contributed by atoms with van der Waals surface area (Å²) in [4.78, 5) is 1.60. The van der Waals surface area contributed by atoms with E-state index in [1.54, 1.807) is 10.4 Å². The minimum atomic E-state index is 0.598. The van der Waals surface area contributed by atoms with Gasteiger partial charge in [-0.25, -0.2) is 0 Å². The fraction of sp³-hybridized carbons (Fsp3) is 0.667. The highest BCUT2D eigenvalue weighted by Crippen LogP contribution is 2.36. The average Bonchev–Trinajstić information content (AvgIpc) is 2.65. The van der Waals surface area contributed by atoms with Crippen molar-refractivity contribution >= 4 is 33.9 Å². The first-order chi connectivity index (χ1) is 7.81. The zero-order valence-electron chi connectivity index (χ0n) is 9.47. The van der Waals surface area contributed by atoms with Gasteiger partial charge in [0.15, 0.2) is 0 Å². The van der Waals surface area contributed by atoms with Gasteiger partial charge in [0.25, 0.3) is 0 Å². The molecule has 0 saturated heterocycles. The van der Waals surface area contributed by atoms with E-state index in [0.717, 1.165) is 19.5 Å². The average molecular weight is 350 g/mol. The highest BCUT2D eigenvalue weighted by atomic mass is 127. The van der Waals surface area contributed by atoms with E-state index in [0.29, 0.717) is 6.04 Å². The predicted octanol–water partition coefficient (Wildman–Crippen LogP) is 3.06. The van der Waals surface area contributed by atoms with Crippen molar-refractivity contribution < 1.29 is 0 Å². The summed E-state index contributed by atoms with van der Waals surface area (Å²) in [5.74, 6) is 0. The molecule has 4 heteroatoms. The number of thiophene rings is 1. The molecule has 0 amide bonds. The van der Waals surface area contributed by atoms with Crippen LogP contribution in [0.5, 0.6) is 0 Å². The van der Waals surface area contributed by atoms with Crippen molar-refractivity contribution in [3.05, 3.63) is 19.4 Å². The number of halogens is 1. The second kappa shape index (κ2) is 6.33. The molecule has 0 fully saturated rings. The monoisotopic (exact) mass is 350 g/mol. The summed E-state index contributed by atoms with van der Waals surface area (Å²) in [5.41, 5.74) is 7.06. The fourth-order valence-corrected chi connectivity index (χ4v) is 4.40. The lowest BCUT2D eigenvalue weighted by atomic mass is 9.94. The van der Waals surface area contributed by atoms with E-state index in [9.17, 15) is 0 Å². The van der Waals surface area contributed by atoms with E-state index >= 15 is 0 Å². The van der Waals surface area contributed by atoms with Gasteiger partial charge in [0.05, 0.1) is 2.88 Å². The van der Waals surface area contributed by atoms with Crippen LogP contribution < -0.4 is 11.1 Å². The summed E-state index contributed by atoms with van der Waals surface area (Å²) in [6.45, 7) is 1.92. The van der Waals surface area contributed by atoms with E-state index in [1.165, 1.54) is 28.6 Å². The molecule has 1 aliphatic rings. The van der Waals surface area contributed by atoms with Gasteiger partial charge in [-0.15, -0.1) is 11.3 Å². The molecule has 1 aromatic rings. The van der Waals surface area contributed by atoms with Crippen LogP contribution in [0.3, 0.4) is 0 Å². The lowest BCUT2D eigenvalue weighted by Gasteiger charge is -2.23. The molecule has 0 radical (unpaired) electrons. The number of nitrogens with two attached hydrogens (primary N) is 1. The Morgan fingerprint density at radius 2 is 2.38 bits per heavy atom. The van der Waals surface area contributed by atoms with Crippen LogP contribution in [0.2, 0.25) is 0 Å². The largest absolute Gasteiger partial charge is 0.330 e. The van der Waals surface area contributed by atoms with Crippen LogP contribution >= 0.6 is 33.9 Å². The lowest BCUT2D eigenvalue weighted by Crippen LogP contribution is -2.25. The first-order valence-electron chi connectivity index (χ1n) is 6.03. The summed E-state index contributed by atoms with van der Waals surface area (Å²) in [7, 11) is 0. The number of nitrogens with one attached hydrogen (secondary N) is 1. The van der Waals surface area contributed by atoms with Crippen LogP contribution in [0.4, 0.5) is 0 Å². The van der Waals surface area contributed by atoms with E-state index in [1.807, 2.05) is 11.3 Å². The SMILES string of the molecule is NCCCCNC1CCCc2sc(I)cc21. The molecule has 0 spiro atoms. The molecule has 1 atom stereocenters. The van der Waals surface area contributed by atoms with Gasteiger partial charge >= 0.3 is 0 Å². The quantitative estimate of drug-likeness (QED) is 0.633. The molecule has 0 aliphatic heterocycles. The van der Waals surface area contributed by atoms with Gasteiger partial charge in [-0.2, -0.15) is 0 Å². The van der Waals surface area contributed by atoms with Crippen LogP contribution in [0.15, 0.2) is 6.07 Å². The minimum Gasteiger partial charge on any atom is -0.330 e. The topological polar surface area (TPSA) is 38.0 Å². The van der Waals surface area contributed by atoms with Gasteiger partial charge in [0, 0.05) is 10.9 Å². The van der Waals surface area contributed by atoms with Crippen molar-refractivity contribution in [2.75, 3.05) is 13.1 Å². The van der Waals surface area contributed by atoms with Crippen molar-refractivity contribution in [2.45, 2.75) is 38.1 Å². The van der Waals surface area contributed by atoms with E-state index in [2.05, 4.69) is 34.0 Å². The third kappa shape index (κ3) is 3.18. The summed E-state index contributed by atoms with van der Waals surface area (Å²) in [5, 5.41) is 3.67. The smallest absolute Gasteiger partial charge is 0.0659 e. The van der Waals surface area contributed by atoms with Crippen LogP contribution in [-0.4, -0.2) is 13.1 Å². The summed E-state index contributed by atoms with van der Waals surface area (Å²) >= 11 is 4.40. The number of aryl methyl sites for hydroxylation is 1. The number of fused-ring (bicyclic) bond motifs is 1. The Kier molecular flexibility index (Phi) is 5.06. The first kappa shape index (κ1) is 12.8. The standard InChI is InChI=1S/C12H19IN2S/c13-12-8-9-10(15-7-2-1-6-14)4-3-5-11(9)16-12/h8,10,15H,1-7,14H2. The second-order valence-electron chi connectivity index (χ2n) is 4.32. The number of hydrogen-bond acceptors (Lipinski definition) is 3. The number of hydrogen-bond donors (Lipinski definition) is 2. The van der Waals surface area contributed by atoms with Gasteiger partial charge in [-0.3, -0.25) is 0 Å². The number of unbranched alkanes of at least 4 members (excludes halogenated alkanes) is 1. The first-order valence-corrected chi connectivity index (χ1v) is 7.92.